The van der Waals surface area contributed by atoms with Crippen molar-refractivity contribution < 1.29 is 23.1 Å². The normalized spacial score (nSPS) is 17.9. The van der Waals surface area contributed by atoms with Crippen LogP contribution >= 0.6 is 0 Å². The molecule has 0 aliphatic heterocycles. The van der Waals surface area contributed by atoms with E-state index < -0.39 is 29.7 Å². The Balaban J connectivity index is 2.61. The van der Waals surface area contributed by atoms with E-state index in [0.29, 0.717) is 12.8 Å². The average Bonchev–Trinajstić information content (AvgIpc) is 2.82. The van der Waals surface area contributed by atoms with Gasteiger partial charge in [0.2, 0.25) is 0 Å². The maximum atomic E-state index is 13.8. The number of carboxylic acid groups (broad SMARTS) is 1. The third-order valence-electron chi connectivity index (χ3n) is 3.62. The van der Waals surface area contributed by atoms with E-state index in [1.165, 1.54) is 0 Å². The molecule has 0 amide bonds. The molecule has 2 rings (SSSR count). The zero-order valence-corrected chi connectivity index (χ0v) is 9.68. The highest BCUT2D eigenvalue weighted by molar-refractivity contribution is 5.82. The van der Waals surface area contributed by atoms with Crippen LogP contribution in [0.25, 0.3) is 0 Å². The Hall–Kier alpha value is -1.52. The topological polar surface area (TPSA) is 37.3 Å². The molecule has 0 atom stereocenters. The Kier molecular flexibility index (Phi) is 3.32. The number of carbonyl (C=O) groups is 1. The number of benzene rings is 1. The maximum Gasteiger partial charge on any atom is 0.314 e. The van der Waals surface area contributed by atoms with Gasteiger partial charge in [0.25, 0.3) is 0 Å². The van der Waals surface area contributed by atoms with Gasteiger partial charge in [0.1, 0.15) is 6.67 Å². The second kappa shape index (κ2) is 4.63. The summed E-state index contributed by atoms with van der Waals surface area (Å²) in [5, 5.41) is 9.31. The van der Waals surface area contributed by atoms with E-state index in [2.05, 4.69) is 0 Å². The predicted octanol–water partition coefficient (Wildman–Crippen LogP) is 3.33. The number of rotatable bonds is 3. The van der Waals surface area contributed by atoms with Crippen molar-refractivity contribution >= 4 is 5.97 Å². The summed E-state index contributed by atoms with van der Waals surface area (Å²) in [5.74, 6) is -3.53. The molecule has 0 aromatic heterocycles. The van der Waals surface area contributed by atoms with Gasteiger partial charge in [0.05, 0.1) is 5.41 Å². The standard InChI is InChI=1S/C13H13F3O2/c14-7-8-5-9(11(16)10(15)6-8)13(12(17)18)3-1-2-4-13/h5-6H,1-4,7H2,(H,17,18). The maximum absolute atomic E-state index is 13.8. The lowest BCUT2D eigenvalue weighted by Crippen LogP contribution is -2.34. The quantitative estimate of drug-likeness (QED) is 0.902. The molecule has 1 aliphatic rings. The van der Waals surface area contributed by atoms with Gasteiger partial charge in [-0.15, -0.1) is 0 Å². The van der Waals surface area contributed by atoms with Crippen molar-refractivity contribution in [2.24, 2.45) is 0 Å². The van der Waals surface area contributed by atoms with Crippen molar-refractivity contribution in [3.05, 3.63) is 34.9 Å². The van der Waals surface area contributed by atoms with Crippen LogP contribution in [0.5, 0.6) is 0 Å². The van der Waals surface area contributed by atoms with E-state index in [-0.39, 0.29) is 24.0 Å². The van der Waals surface area contributed by atoms with Gasteiger partial charge >= 0.3 is 5.97 Å². The number of aliphatic carboxylic acids is 1. The van der Waals surface area contributed by atoms with Crippen LogP contribution in [0.1, 0.15) is 36.8 Å². The molecule has 1 fully saturated rings. The smallest absolute Gasteiger partial charge is 0.314 e. The van der Waals surface area contributed by atoms with Crippen LogP contribution in [-0.4, -0.2) is 11.1 Å². The first-order chi connectivity index (χ1) is 8.51. The zero-order valence-electron chi connectivity index (χ0n) is 9.68. The lowest BCUT2D eigenvalue weighted by Gasteiger charge is -2.25. The number of carboxylic acids is 1. The number of hydrogen-bond donors (Lipinski definition) is 1. The highest BCUT2D eigenvalue weighted by Gasteiger charge is 2.45. The SMILES string of the molecule is O=C(O)C1(c2cc(CF)cc(F)c2F)CCCC1. The molecule has 0 spiro atoms. The van der Waals surface area contributed by atoms with Crippen molar-refractivity contribution in [3.8, 4) is 0 Å². The first-order valence-electron chi connectivity index (χ1n) is 5.79. The van der Waals surface area contributed by atoms with Crippen molar-refractivity contribution in [3.63, 3.8) is 0 Å². The summed E-state index contributed by atoms with van der Waals surface area (Å²) in [6.07, 6.45) is 1.81. The fourth-order valence-corrected chi connectivity index (χ4v) is 2.65. The summed E-state index contributed by atoms with van der Waals surface area (Å²) in [6.45, 7) is -0.945. The molecular formula is C13H13F3O2. The molecule has 0 radical (unpaired) electrons. The lowest BCUT2D eigenvalue weighted by atomic mass is 9.78. The minimum absolute atomic E-state index is 0.0311. The molecular weight excluding hydrogens is 245 g/mol. The fraction of sp³-hybridized carbons (Fsp3) is 0.462. The van der Waals surface area contributed by atoms with Gasteiger partial charge in [-0.2, -0.15) is 0 Å². The minimum atomic E-state index is -1.41. The molecule has 5 heteroatoms. The second-order valence-corrected chi connectivity index (χ2v) is 4.67. The Morgan fingerprint density at radius 2 is 1.89 bits per heavy atom. The molecule has 0 bridgehead atoms. The Bertz CT molecular complexity index is 479. The molecule has 1 N–H and O–H groups in total. The van der Waals surface area contributed by atoms with E-state index in [9.17, 15) is 23.1 Å². The summed E-state index contributed by atoms with van der Waals surface area (Å²) < 4.78 is 39.8. The summed E-state index contributed by atoms with van der Waals surface area (Å²) in [7, 11) is 0. The minimum Gasteiger partial charge on any atom is -0.481 e. The van der Waals surface area contributed by atoms with Crippen LogP contribution in [-0.2, 0) is 16.9 Å². The summed E-state index contributed by atoms with van der Waals surface area (Å²) in [5.41, 5.74) is -1.66. The number of alkyl halides is 1. The van der Waals surface area contributed by atoms with Crippen LogP contribution < -0.4 is 0 Å². The van der Waals surface area contributed by atoms with E-state index >= 15 is 0 Å². The first-order valence-corrected chi connectivity index (χ1v) is 5.79. The van der Waals surface area contributed by atoms with Crippen LogP contribution in [0.2, 0.25) is 0 Å². The molecule has 98 valence electrons. The van der Waals surface area contributed by atoms with Crippen LogP contribution in [0, 0.1) is 11.6 Å². The molecule has 1 saturated carbocycles. The zero-order chi connectivity index (χ0) is 13.3. The van der Waals surface area contributed by atoms with Crippen LogP contribution in [0.15, 0.2) is 12.1 Å². The van der Waals surface area contributed by atoms with Crippen molar-refractivity contribution in [1.82, 2.24) is 0 Å². The van der Waals surface area contributed by atoms with Gasteiger partial charge in [-0.1, -0.05) is 12.8 Å². The summed E-state index contributed by atoms with van der Waals surface area (Å²) >= 11 is 0. The van der Waals surface area contributed by atoms with E-state index in [1.807, 2.05) is 0 Å². The van der Waals surface area contributed by atoms with Crippen molar-refractivity contribution in [2.45, 2.75) is 37.8 Å². The first kappa shape index (κ1) is 12.9. The third kappa shape index (κ3) is 1.87. The van der Waals surface area contributed by atoms with Gasteiger partial charge in [-0.05, 0) is 30.5 Å². The van der Waals surface area contributed by atoms with Crippen molar-refractivity contribution in [2.75, 3.05) is 0 Å². The molecule has 0 heterocycles. The van der Waals surface area contributed by atoms with Crippen LogP contribution in [0.4, 0.5) is 13.2 Å². The Morgan fingerprint density at radius 3 is 2.39 bits per heavy atom. The van der Waals surface area contributed by atoms with Crippen LogP contribution in [0.3, 0.4) is 0 Å². The Labute approximate surface area is 102 Å². The molecule has 1 aliphatic carbocycles. The van der Waals surface area contributed by atoms with Crippen molar-refractivity contribution in [1.29, 1.82) is 0 Å². The largest absolute Gasteiger partial charge is 0.481 e. The Morgan fingerprint density at radius 1 is 1.28 bits per heavy atom. The average molecular weight is 258 g/mol. The van der Waals surface area contributed by atoms with Gasteiger partial charge in [0.15, 0.2) is 11.6 Å². The molecule has 0 unspecified atom stereocenters. The number of halogens is 3. The molecule has 18 heavy (non-hydrogen) atoms. The number of hydrogen-bond acceptors (Lipinski definition) is 1. The summed E-state index contributed by atoms with van der Waals surface area (Å²) in [4.78, 5) is 11.4. The molecule has 2 nitrogen and oxygen atoms in total. The molecule has 1 aromatic carbocycles. The van der Waals surface area contributed by atoms with Gasteiger partial charge in [-0.3, -0.25) is 4.79 Å². The van der Waals surface area contributed by atoms with Gasteiger partial charge in [-0.25, -0.2) is 13.2 Å². The van der Waals surface area contributed by atoms with E-state index in [4.69, 9.17) is 0 Å². The highest BCUT2D eigenvalue weighted by Crippen LogP contribution is 2.43. The highest BCUT2D eigenvalue weighted by atomic mass is 19.2. The monoisotopic (exact) mass is 258 g/mol. The van der Waals surface area contributed by atoms with E-state index in [1.54, 1.807) is 0 Å². The molecule has 1 aromatic rings. The fourth-order valence-electron chi connectivity index (χ4n) is 2.65. The van der Waals surface area contributed by atoms with E-state index in [0.717, 1.165) is 12.1 Å². The predicted molar refractivity (Wildman–Crippen MR) is 59.0 cm³/mol. The lowest BCUT2D eigenvalue weighted by molar-refractivity contribution is -0.143. The second-order valence-electron chi connectivity index (χ2n) is 4.67. The molecule has 0 saturated heterocycles. The van der Waals surface area contributed by atoms with Gasteiger partial charge < -0.3 is 5.11 Å². The summed E-state index contributed by atoms with van der Waals surface area (Å²) in [6, 6.07) is 1.90. The third-order valence-corrected chi connectivity index (χ3v) is 3.62. The van der Waals surface area contributed by atoms with Gasteiger partial charge in [0, 0.05) is 5.56 Å².